The van der Waals surface area contributed by atoms with Crippen LogP contribution < -0.4 is 4.74 Å². The minimum Gasteiger partial charge on any atom is -0.457 e. The van der Waals surface area contributed by atoms with Crippen LogP contribution in [0.25, 0.3) is 10.9 Å². The lowest BCUT2D eigenvalue weighted by atomic mass is 10.2. The van der Waals surface area contributed by atoms with Gasteiger partial charge >= 0.3 is 0 Å². The highest BCUT2D eigenvalue weighted by Gasteiger charge is 2.11. The lowest BCUT2D eigenvalue weighted by molar-refractivity contribution is 0.195. The van der Waals surface area contributed by atoms with Crippen LogP contribution in [0.3, 0.4) is 0 Å². The molecular formula is C16H14ClNO2. The summed E-state index contributed by atoms with van der Waals surface area (Å²) in [5, 5.41) is 11.2. The summed E-state index contributed by atoms with van der Waals surface area (Å²) in [6.07, 6.45) is -0.564. The number of fused-ring (bicyclic) bond motifs is 1. The SMILES string of the molecule is CC(O)c1cc2c(Oc3ccccc3)cc(Cl)cc2[nH]1. The maximum absolute atomic E-state index is 9.67. The Morgan fingerprint density at radius 2 is 1.90 bits per heavy atom. The van der Waals surface area contributed by atoms with Crippen molar-refractivity contribution in [1.82, 2.24) is 4.98 Å². The Labute approximate surface area is 121 Å². The summed E-state index contributed by atoms with van der Waals surface area (Å²) in [4.78, 5) is 3.15. The first-order valence-electron chi connectivity index (χ1n) is 6.36. The zero-order valence-electron chi connectivity index (χ0n) is 10.9. The smallest absolute Gasteiger partial charge is 0.138 e. The molecule has 1 unspecified atom stereocenters. The van der Waals surface area contributed by atoms with Gasteiger partial charge in [0.25, 0.3) is 0 Å². The number of aromatic nitrogens is 1. The second kappa shape index (κ2) is 5.19. The Morgan fingerprint density at radius 1 is 1.15 bits per heavy atom. The van der Waals surface area contributed by atoms with Crippen molar-refractivity contribution in [2.75, 3.05) is 0 Å². The van der Waals surface area contributed by atoms with Crippen LogP contribution in [0.4, 0.5) is 0 Å². The second-order valence-corrected chi connectivity index (χ2v) is 5.12. The van der Waals surface area contributed by atoms with Crippen molar-refractivity contribution >= 4 is 22.5 Å². The van der Waals surface area contributed by atoms with Crippen molar-refractivity contribution in [2.45, 2.75) is 13.0 Å². The van der Waals surface area contributed by atoms with Gasteiger partial charge in [0.05, 0.1) is 11.6 Å². The van der Waals surface area contributed by atoms with Gasteiger partial charge in [-0.05, 0) is 31.2 Å². The predicted octanol–water partition coefficient (Wildman–Crippen LogP) is 4.67. The molecule has 2 aromatic carbocycles. The topological polar surface area (TPSA) is 45.2 Å². The number of aromatic amines is 1. The second-order valence-electron chi connectivity index (χ2n) is 4.68. The Hall–Kier alpha value is -1.97. The number of rotatable bonds is 3. The fraction of sp³-hybridized carbons (Fsp3) is 0.125. The third-order valence-electron chi connectivity index (χ3n) is 3.11. The molecule has 0 bridgehead atoms. The third kappa shape index (κ3) is 2.50. The van der Waals surface area contributed by atoms with Gasteiger partial charge in [-0.3, -0.25) is 0 Å². The van der Waals surface area contributed by atoms with Crippen molar-refractivity contribution in [2.24, 2.45) is 0 Å². The van der Waals surface area contributed by atoms with Gasteiger partial charge in [0.2, 0.25) is 0 Å². The largest absolute Gasteiger partial charge is 0.457 e. The molecule has 0 aliphatic carbocycles. The van der Waals surface area contributed by atoms with Crippen LogP contribution in [0.15, 0.2) is 48.5 Å². The number of halogens is 1. The van der Waals surface area contributed by atoms with E-state index in [1.807, 2.05) is 42.5 Å². The van der Waals surface area contributed by atoms with Crippen LogP contribution in [0, 0.1) is 0 Å². The lowest BCUT2D eigenvalue weighted by Crippen LogP contribution is -1.88. The van der Waals surface area contributed by atoms with Crippen molar-refractivity contribution in [3.8, 4) is 11.5 Å². The van der Waals surface area contributed by atoms with Gasteiger partial charge in [-0.1, -0.05) is 29.8 Å². The zero-order chi connectivity index (χ0) is 14.1. The van der Waals surface area contributed by atoms with E-state index in [0.29, 0.717) is 10.8 Å². The normalized spacial score (nSPS) is 12.6. The van der Waals surface area contributed by atoms with Crippen molar-refractivity contribution in [3.05, 3.63) is 59.2 Å². The summed E-state index contributed by atoms with van der Waals surface area (Å²) in [5.74, 6) is 1.41. The minimum atomic E-state index is -0.564. The van der Waals surface area contributed by atoms with E-state index >= 15 is 0 Å². The molecule has 0 aliphatic rings. The highest BCUT2D eigenvalue weighted by Crippen LogP contribution is 2.34. The lowest BCUT2D eigenvalue weighted by Gasteiger charge is -2.07. The number of benzene rings is 2. The fourth-order valence-corrected chi connectivity index (χ4v) is 2.33. The Bertz CT molecular complexity index is 735. The van der Waals surface area contributed by atoms with Crippen LogP contribution in [0.5, 0.6) is 11.5 Å². The molecular weight excluding hydrogens is 274 g/mol. The molecule has 0 fully saturated rings. The quantitative estimate of drug-likeness (QED) is 0.735. The summed E-state index contributed by atoms with van der Waals surface area (Å²) >= 11 is 6.12. The molecule has 3 rings (SSSR count). The molecule has 3 aromatic rings. The zero-order valence-corrected chi connectivity index (χ0v) is 11.7. The van der Waals surface area contributed by atoms with E-state index in [-0.39, 0.29) is 0 Å². The number of hydrogen-bond acceptors (Lipinski definition) is 2. The minimum absolute atomic E-state index is 0.564. The third-order valence-corrected chi connectivity index (χ3v) is 3.33. The molecule has 2 N–H and O–H groups in total. The number of hydrogen-bond donors (Lipinski definition) is 2. The van der Waals surface area contributed by atoms with Gasteiger partial charge in [-0.2, -0.15) is 0 Å². The summed E-state index contributed by atoms with van der Waals surface area (Å²) in [6.45, 7) is 1.71. The molecule has 0 radical (unpaired) electrons. The molecule has 1 atom stereocenters. The molecule has 0 aliphatic heterocycles. The summed E-state index contributed by atoms with van der Waals surface area (Å²) in [7, 11) is 0. The fourth-order valence-electron chi connectivity index (χ4n) is 2.12. The molecule has 1 aromatic heterocycles. The maximum atomic E-state index is 9.67. The Morgan fingerprint density at radius 3 is 2.60 bits per heavy atom. The van der Waals surface area contributed by atoms with Crippen LogP contribution in [-0.2, 0) is 0 Å². The average molecular weight is 288 g/mol. The van der Waals surface area contributed by atoms with Crippen LogP contribution in [0.2, 0.25) is 5.02 Å². The number of aliphatic hydroxyl groups excluding tert-OH is 1. The first-order chi connectivity index (χ1) is 9.63. The van der Waals surface area contributed by atoms with E-state index in [4.69, 9.17) is 16.3 Å². The van der Waals surface area contributed by atoms with Gasteiger partial charge < -0.3 is 14.8 Å². The number of nitrogens with one attached hydrogen (secondary N) is 1. The summed E-state index contributed by atoms with van der Waals surface area (Å²) in [6, 6.07) is 15.0. The van der Waals surface area contributed by atoms with Crippen molar-refractivity contribution in [1.29, 1.82) is 0 Å². The molecule has 4 heteroatoms. The van der Waals surface area contributed by atoms with Gasteiger partial charge in [-0.15, -0.1) is 0 Å². The number of para-hydroxylation sites is 1. The Balaban J connectivity index is 2.09. The summed E-state index contributed by atoms with van der Waals surface area (Å²) in [5.41, 5.74) is 1.58. The molecule has 102 valence electrons. The van der Waals surface area contributed by atoms with Crippen molar-refractivity contribution in [3.63, 3.8) is 0 Å². The predicted molar refractivity (Wildman–Crippen MR) is 80.5 cm³/mol. The van der Waals surface area contributed by atoms with Crippen LogP contribution >= 0.6 is 11.6 Å². The number of H-pyrrole nitrogens is 1. The first-order valence-corrected chi connectivity index (χ1v) is 6.74. The molecule has 1 heterocycles. The summed E-state index contributed by atoms with van der Waals surface area (Å²) < 4.78 is 5.88. The highest BCUT2D eigenvalue weighted by atomic mass is 35.5. The standard InChI is InChI=1S/C16H14ClNO2/c1-10(19)14-9-13-15(18-14)7-11(17)8-16(13)20-12-5-3-2-4-6-12/h2-10,18-19H,1H3. The van der Waals surface area contributed by atoms with Gasteiger partial charge in [0, 0.05) is 22.2 Å². The van der Waals surface area contributed by atoms with Crippen LogP contribution in [0.1, 0.15) is 18.7 Å². The first kappa shape index (κ1) is 13.0. The van der Waals surface area contributed by atoms with E-state index in [2.05, 4.69) is 4.98 Å². The molecule has 20 heavy (non-hydrogen) atoms. The van der Waals surface area contributed by atoms with Gasteiger partial charge in [0.1, 0.15) is 11.5 Å². The van der Waals surface area contributed by atoms with E-state index in [9.17, 15) is 5.11 Å². The Kier molecular flexibility index (Phi) is 3.38. The maximum Gasteiger partial charge on any atom is 0.138 e. The van der Waals surface area contributed by atoms with E-state index < -0.39 is 6.10 Å². The number of aliphatic hydroxyl groups is 1. The molecule has 3 nitrogen and oxygen atoms in total. The number of ether oxygens (including phenoxy) is 1. The van der Waals surface area contributed by atoms with Crippen LogP contribution in [-0.4, -0.2) is 10.1 Å². The van der Waals surface area contributed by atoms with E-state index in [0.717, 1.165) is 22.3 Å². The van der Waals surface area contributed by atoms with Crippen molar-refractivity contribution < 1.29 is 9.84 Å². The highest BCUT2D eigenvalue weighted by molar-refractivity contribution is 6.31. The molecule has 0 saturated carbocycles. The van der Waals surface area contributed by atoms with Gasteiger partial charge in [-0.25, -0.2) is 0 Å². The molecule has 0 saturated heterocycles. The van der Waals surface area contributed by atoms with Gasteiger partial charge in [0.15, 0.2) is 0 Å². The monoisotopic (exact) mass is 287 g/mol. The molecule has 0 amide bonds. The van der Waals surface area contributed by atoms with E-state index in [1.54, 1.807) is 13.0 Å². The average Bonchev–Trinajstić information content (AvgIpc) is 2.84. The molecule has 0 spiro atoms. The van der Waals surface area contributed by atoms with E-state index in [1.165, 1.54) is 0 Å².